The molecule has 0 heterocycles. The molecule has 0 radical (unpaired) electrons. The zero-order valence-corrected chi connectivity index (χ0v) is 11.0. The van der Waals surface area contributed by atoms with Crippen molar-refractivity contribution in [3.63, 3.8) is 0 Å². The van der Waals surface area contributed by atoms with E-state index in [0.717, 1.165) is 0 Å². The van der Waals surface area contributed by atoms with Crippen molar-refractivity contribution in [2.75, 3.05) is 20.6 Å². The normalized spacial score (nSPS) is 12.3. The molecule has 3 nitrogen and oxygen atoms in total. The highest BCUT2D eigenvalue weighted by molar-refractivity contribution is 5.76. The van der Waals surface area contributed by atoms with Crippen LogP contribution in [-0.4, -0.2) is 31.4 Å². The quantitative estimate of drug-likeness (QED) is 0.757. The van der Waals surface area contributed by atoms with Crippen LogP contribution in [0.3, 0.4) is 0 Å². The van der Waals surface area contributed by atoms with Crippen molar-refractivity contribution < 1.29 is 4.79 Å². The van der Waals surface area contributed by atoms with Gasteiger partial charge in [0.15, 0.2) is 0 Å². The Kier molecular flexibility index (Phi) is 5.29. The summed E-state index contributed by atoms with van der Waals surface area (Å²) in [7, 11) is 3.59. The molecule has 1 amide bonds. The minimum absolute atomic E-state index is 0.0681. The summed E-state index contributed by atoms with van der Waals surface area (Å²) in [6.45, 7) is 9.17. The van der Waals surface area contributed by atoms with Gasteiger partial charge in [-0.2, -0.15) is 0 Å². The summed E-state index contributed by atoms with van der Waals surface area (Å²) >= 11 is 0. The average Bonchev–Trinajstić information content (AvgIpc) is 2.12. The predicted octanol–water partition coefficient (Wildman–Crippen LogP) is 1.72. The molecule has 0 atom stereocenters. The van der Waals surface area contributed by atoms with E-state index in [1.807, 2.05) is 0 Å². The number of hydrogen-bond acceptors (Lipinski definition) is 2. The fourth-order valence-corrected chi connectivity index (χ4v) is 2.06. The molecule has 0 aromatic carbocycles. The van der Waals surface area contributed by atoms with Gasteiger partial charge in [0.1, 0.15) is 0 Å². The number of nitrogens with two attached hydrogens (primary N) is 1. The van der Waals surface area contributed by atoms with Gasteiger partial charge in [-0.05, 0) is 23.8 Å². The van der Waals surface area contributed by atoms with Gasteiger partial charge >= 0.3 is 0 Å². The van der Waals surface area contributed by atoms with Gasteiger partial charge in [-0.25, -0.2) is 0 Å². The minimum atomic E-state index is -0.0681. The van der Waals surface area contributed by atoms with Crippen LogP contribution < -0.4 is 5.73 Å². The second-order valence-electron chi connectivity index (χ2n) is 5.21. The second-order valence-corrected chi connectivity index (χ2v) is 5.21. The summed E-state index contributed by atoms with van der Waals surface area (Å²) in [6, 6.07) is 0. The first-order chi connectivity index (χ1) is 6.77. The predicted molar refractivity (Wildman–Crippen MR) is 64.5 cm³/mol. The molecular formula is C12H26N2O. The van der Waals surface area contributed by atoms with E-state index in [4.69, 9.17) is 5.73 Å². The molecule has 0 aliphatic carbocycles. The van der Waals surface area contributed by atoms with E-state index in [9.17, 15) is 4.79 Å². The summed E-state index contributed by atoms with van der Waals surface area (Å²) in [6.07, 6.45) is 0.547. The zero-order chi connectivity index (χ0) is 12.2. The topological polar surface area (TPSA) is 46.3 Å². The Bertz CT molecular complexity index is 202. The molecule has 0 rings (SSSR count). The number of rotatable bonds is 5. The Morgan fingerprint density at radius 1 is 1.20 bits per heavy atom. The van der Waals surface area contributed by atoms with Gasteiger partial charge in [-0.3, -0.25) is 4.79 Å². The molecule has 0 aliphatic heterocycles. The van der Waals surface area contributed by atoms with Crippen LogP contribution in [-0.2, 0) is 4.79 Å². The molecule has 0 saturated carbocycles. The third kappa shape index (κ3) is 3.20. The second kappa shape index (κ2) is 5.50. The zero-order valence-electron chi connectivity index (χ0n) is 11.0. The summed E-state index contributed by atoms with van der Waals surface area (Å²) < 4.78 is 0. The van der Waals surface area contributed by atoms with Crippen molar-refractivity contribution in [1.29, 1.82) is 0 Å². The Hall–Kier alpha value is -0.570. The third-order valence-electron chi connectivity index (χ3n) is 3.66. The monoisotopic (exact) mass is 214 g/mol. The molecule has 0 aromatic heterocycles. The Morgan fingerprint density at radius 2 is 1.60 bits per heavy atom. The lowest BCUT2D eigenvalue weighted by atomic mass is 9.66. The lowest BCUT2D eigenvalue weighted by Gasteiger charge is -2.40. The first-order valence-corrected chi connectivity index (χ1v) is 5.68. The fraction of sp³-hybridized carbons (Fsp3) is 0.917. The van der Waals surface area contributed by atoms with Crippen LogP contribution in [0, 0.1) is 17.3 Å². The molecule has 0 aliphatic rings. The van der Waals surface area contributed by atoms with E-state index in [0.29, 0.717) is 24.8 Å². The summed E-state index contributed by atoms with van der Waals surface area (Å²) in [5.41, 5.74) is 5.82. The van der Waals surface area contributed by atoms with Crippen LogP contribution in [0.25, 0.3) is 0 Å². The minimum Gasteiger partial charge on any atom is -0.349 e. The van der Waals surface area contributed by atoms with E-state index >= 15 is 0 Å². The first-order valence-electron chi connectivity index (χ1n) is 5.68. The van der Waals surface area contributed by atoms with Crippen molar-refractivity contribution in [3.8, 4) is 0 Å². The highest BCUT2D eigenvalue weighted by Gasteiger charge is 2.38. The first kappa shape index (κ1) is 14.4. The van der Waals surface area contributed by atoms with E-state index in [1.165, 1.54) is 0 Å². The molecular weight excluding hydrogens is 188 g/mol. The maximum Gasteiger partial charge on any atom is 0.222 e. The lowest BCUT2D eigenvalue weighted by Crippen LogP contribution is -2.44. The molecule has 0 saturated heterocycles. The van der Waals surface area contributed by atoms with Crippen LogP contribution >= 0.6 is 0 Å². The van der Waals surface area contributed by atoms with Crippen molar-refractivity contribution in [2.45, 2.75) is 34.1 Å². The van der Waals surface area contributed by atoms with Gasteiger partial charge in [-0.15, -0.1) is 0 Å². The molecule has 15 heavy (non-hydrogen) atoms. The van der Waals surface area contributed by atoms with Gasteiger partial charge in [-0.1, -0.05) is 27.7 Å². The van der Waals surface area contributed by atoms with Crippen molar-refractivity contribution in [2.24, 2.45) is 23.0 Å². The molecule has 0 aromatic rings. The van der Waals surface area contributed by atoms with E-state index in [1.54, 1.807) is 19.0 Å². The Labute approximate surface area is 94.0 Å². The van der Waals surface area contributed by atoms with Gasteiger partial charge in [0.05, 0.1) is 0 Å². The molecule has 2 N–H and O–H groups in total. The van der Waals surface area contributed by atoms with Crippen LogP contribution in [0.15, 0.2) is 0 Å². The summed E-state index contributed by atoms with van der Waals surface area (Å²) in [4.78, 5) is 13.4. The lowest BCUT2D eigenvalue weighted by molar-refractivity contribution is -0.133. The van der Waals surface area contributed by atoms with E-state index in [2.05, 4.69) is 27.7 Å². The van der Waals surface area contributed by atoms with Crippen LogP contribution in [0.4, 0.5) is 0 Å². The summed E-state index contributed by atoms with van der Waals surface area (Å²) in [5.74, 6) is 1.01. The SMILES string of the molecule is CC(C)C(CN)(CC(=O)N(C)C)C(C)C. The highest BCUT2D eigenvalue weighted by atomic mass is 16.2. The molecule has 0 fully saturated rings. The summed E-state index contributed by atoms with van der Waals surface area (Å²) in [5, 5.41) is 0. The average molecular weight is 214 g/mol. The van der Waals surface area contributed by atoms with Gasteiger partial charge < -0.3 is 10.6 Å². The van der Waals surface area contributed by atoms with Crippen LogP contribution in [0.2, 0.25) is 0 Å². The van der Waals surface area contributed by atoms with Crippen molar-refractivity contribution in [1.82, 2.24) is 4.90 Å². The number of carbonyl (C=O) groups excluding carboxylic acids is 1. The third-order valence-corrected chi connectivity index (χ3v) is 3.66. The number of amides is 1. The van der Waals surface area contributed by atoms with E-state index < -0.39 is 0 Å². The van der Waals surface area contributed by atoms with Crippen LogP contribution in [0.1, 0.15) is 34.1 Å². The van der Waals surface area contributed by atoms with Crippen LogP contribution in [0.5, 0.6) is 0 Å². The number of hydrogen-bond donors (Lipinski definition) is 1. The highest BCUT2D eigenvalue weighted by Crippen LogP contribution is 2.38. The standard InChI is InChI=1S/C12H26N2O/c1-9(2)12(8-13,10(3)4)7-11(15)14(5)6/h9-10H,7-8,13H2,1-6H3. The van der Waals surface area contributed by atoms with Crippen molar-refractivity contribution in [3.05, 3.63) is 0 Å². The fourth-order valence-electron chi connectivity index (χ4n) is 2.06. The number of carbonyl (C=O) groups is 1. The molecule has 0 unspecified atom stereocenters. The maximum absolute atomic E-state index is 11.8. The molecule has 0 bridgehead atoms. The molecule has 90 valence electrons. The van der Waals surface area contributed by atoms with Gasteiger partial charge in [0.25, 0.3) is 0 Å². The Balaban J connectivity index is 4.86. The molecule has 3 heteroatoms. The van der Waals surface area contributed by atoms with E-state index in [-0.39, 0.29) is 11.3 Å². The maximum atomic E-state index is 11.8. The smallest absolute Gasteiger partial charge is 0.222 e. The van der Waals surface area contributed by atoms with Crippen molar-refractivity contribution >= 4 is 5.91 Å². The largest absolute Gasteiger partial charge is 0.349 e. The van der Waals surface area contributed by atoms with Gasteiger partial charge in [0.2, 0.25) is 5.91 Å². The van der Waals surface area contributed by atoms with Gasteiger partial charge in [0, 0.05) is 20.5 Å². The molecule has 0 spiro atoms. The Morgan fingerprint density at radius 3 is 1.80 bits per heavy atom. The number of nitrogens with zero attached hydrogens (tertiary/aromatic N) is 1.